The van der Waals surface area contributed by atoms with E-state index in [1.165, 1.54) is 0 Å². The molecule has 0 amide bonds. The van der Waals surface area contributed by atoms with Gasteiger partial charge in [0.25, 0.3) is 0 Å². The average Bonchev–Trinajstić information content (AvgIpc) is 2.37. The van der Waals surface area contributed by atoms with Crippen molar-refractivity contribution in [2.24, 2.45) is 0 Å². The van der Waals surface area contributed by atoms with E-state index in [0.717, 1.165) is 10.0 Å². The van der Waals surface area contributed by atoms with Crippen molar-refractivity contribution in [2.45, 2.75) is 32.3 Å². The van der Waals surface area contributed by atoms with E-state index in [1.807, 2.05) is 44.2 Å². The molecule has 0 fully saturated rings. The van der Waals surface area contributed by atoms with Crippen molar-refractivity contribution in [2.75, 3.05) is 6.61 Å². The molecule has 1 rings (SSSR count). The SMILES string of the molecule is CCC(O)(CC)C(=Cc1ccccc1Br)CO. The van der Waals surface area contributed by atoms with Gasteiger partial charge in [0.2, 0.25) is 0 Å². The summed E-state index contributed by atoms with van der Waals surface area (Å²) in [5.74, 6) is 0. The molecule has 0 saturated heterocycles. The quantitative estimate of drug-likeness (QED) is 0.875. The molecule has 1 aromatic carbocycles. The first-order chi connectivity index (χ1) is 8.07. The Kier molecular flexibility index (Phi) is 5.37. The molecule has 0 radical (unpaired) electrons. The summed E-state index contributed by atoms with van der Waals surface area (Å²) in [6.07, 6.45) is 3.05. The fourth-order valence-corrected chi connectivity index (χ4v) is 2.21. The van der Waals surface area contributed by atoms with E-state index in [0.29, 0.717) is 18.4 Å². The minimum Gasteiger partial charge on any atom is -0.392 e. The molecule has 0 spiro atoms. The third kappa shape index (κ3) is 3.41. The maximum absolute atomic E-state index is 10.4. The molecule has 0 bridgehead atoms. The van der Waals surface area contributed by atoms with Gasteiger partial charge in [0, 0.05) is 4.47 Å². The monoisotopic (exact) mass is 298 g/mol. The molecule has 0 aliphatic carbocycles. The van der Waals surface area contributed by atoms with Crippen LogP contribution in [0.4, 0.5) is 0 Å². The highest BCUT2D eigenvalue weighted by Gasteiger charge is 2.26. The lowest BCUT2D eigenvalue weighted by atomic mass is 9.87. The molecule has 0 aliphatic heterocycles. The van der Waals surface area contributed by atoms with Gasteiger partial charge in [-0.25, -0.2) is 0 Å². The third-order valence-electron chi connectivity index (χ3n) is 3.17. The Morgan fingerprint density at radius 1 is 1.29 bits per heavy atom. The summed E-state index contributed by atoms with van der Waals surface area (Å²) in [7, 11) is 0. The molecule has 0 saturated carbocycles. The predicted molar refractivity (Wildman–Crippen MR) is 74.7 cm³/mol. The fourth-order valence-electron chi connectivity index (χ4n) is 1.81. The van der Waals surface area contributed by atoms with E-state index in [2.05, 4.69) is 15.9 Å². The predicted octanol–water partition coefficient (Wildman–Crippen LogP) is 3.38. The second-order valence-corrected chi connectivity index (χ2v) is 4.94. The lowest BCUT2D eigenvalue weighted by molar-refractivity contribution is 0.0595. The zero-order valence-corrected chi connectivity index (χ0v) is 11.9. The summed E-state index contributed by atoms with van der Waals surface area (Å²) in [6, 6.07) is 7.76. The van der Waals surface area contributed by atoms with Crippen molar-refractivity contribution < 1.29 is 10.2 Å². The molecule has 0 unspecified atom stereocenters. The van der Waals surface area contributed by atoms with E-state index in [1.54, 1.807) is 0 Å². The van der Waals surface area contributed by atoms with Gasteiger partial charge < -0.3 is 10.2 Å². The summed E-state index contributed by atoms with van der Waals surface area (Å²) in [5, 5.41) is 19.8. The molecule has 3 heteroatoms. The van der Waals surface area contributed by atoms with Crippen LogP contribution in [0.25, 0.3) is 6.08 Å². The van der Waals surface area contributed by atoms with Crippen molar-refractivity contribution in [3.05, 3.63) is 39.9 Å². The van der Waals surface area contributed by atoms with Crippen LogP contribution in [0.5, 0.6) is 0 Å². The number of halogens is 1. The zero-order valence-electron chi connectivity index (χ0n) is 10.3. The maximum atomic E-state index is 10.4. The highest BCUT2D eigenvalue weighted by atomic mass is 79.9. The maximum Gasteiger partial charge on any atom is 0.0876 e. The van der Waals surface area contributed by atoms with E-state index in [-0.39, 0.29) is 6.61 Å². The van der Waals surface area contributed by atoms with Crippen LogP contribution in [0.1, 0.15) is 32.3 Å². The van der Waals surface area contributed by atoms with Gasteiger partial charge in [-0.15, -0.1) is 0 Å². The molecule has 17 heavy (non-hydrogen) atoms. The van der Waals surface area contributed by atoms with Crippen LogP contribution < -0.4 is 0 Å². The van der Waals surface area contributed by atoms with E-state index < -0.39 is 5.60 Å². The molecular formula is C14H19BrO2. The lowest BCUT2D eigenvalue weighted by Crippen LogP contribution is -2.31. The minimum atomic E-state index is -0.913. The number of aliphatic hydroxyl groups is 2. The number of aliphatic hydroxyl groups excluding tert-OH is 1. The normalized spacial score (nSPS) is 12.9. The first-order valence-electron chi connectivity index (χ1n) is 5.86. The van der Waals surface area contributed by atoms with Crippen LogP contribution >= 0.6 is 15.9 Å². The van der Waals surface area contributed by atoms with Crippen LogP contribution in [0.15, 0.2) is 34.3 Å². The summed E-state index contributed by atoms with van der Waals surface area (Å²) in [5.41, 5.74) is 0.718. The highest BCUT2D eigenvalue weighted by molar-refractivity contribution is 9.10. The van der Waals surface area contributed by atoms with Crippen LogP contribution in [0.3, 0.4) is 0 Å². The van der Waals surface area contributed by atoms with Gasteiger partial charge in [0.15, 0.2) is 0 Å². The molecule has 94 valence electrons. The fraction of sp³-hybridized carbons (Fsp3) is 0.429. The zero-order chi connectivity index (χ0) is 12.9. The first-order valence-corrected chi connectivity index (χ1v) is 6.65. The first kappa shape index (κ1) is 14.4. The van der Waals surface area contributed by atoms with Gasteiger partial charge in [0.1, 0.15) is 0 Å². The summed E-state index contributed by atoms with van der Waals surface area (Å²) >= 11 is 3.46. The van der Waals surface area contributed by atoms with Gasteiger partial charge in [-0.2, -0.15) is 0 Å². The summed E-state index contributed by atoms with van der Waals surface area (Å²) in [6.45, 7) is 3.72. The number of benzene rings is 1. The van der Waals surface area contributed by atoms with Gasteiger partial charge in [-0.3, -0.25) is 0 Å². The van der Waals surface area contributed by atoms with E-state index in [9.17, 15) is 10.2 Å². The van der Waals surface area contributed by atoms with Gasteiger partial charge in [-0.05, 0) is 36.1 Å². The van der Waals surface area contributed by atoms with Crippen LogP contribution in [0, 0.1) is 0 Å². The topological polar surface area (TPSA) is 40.5 Å². The highest BCUT2D eigenvalue weighted by Crippen LogP contribution is 2.28. The smallest absolute Gasteiger partial charge is 0.0876 e. The van der Waals surface area contributed by atoms with Gasteiger partial charge in [-0.1, -0.05) is 48.0 Å². The largest absolute Gasteiger partial charge is 0.392 e. The molecule has 0 aromatic heterocycles. The van der Waals surface area contributed by atoms with Crippen molar-refractivity contribution in [1.29, 1.82) is 0 Å². The van der Waals surface area contributed by atoms with Crippen molar-refractivity contribution >= 4 is 22.0 Å². The standard InChI is InChI=1S/C14H19BrO2/c1-3-14(17,4-2)12(10-16)9-11-7-5-6-8-13(11)15/h5-9,16-17H,3-4,10H2,1-2H3. The van der Waals surface area contributed by atoms with Gasteiger partial charge >= 0.3 is 0 Å². The second kappa shape index (κ2) is 6.34. The van der Waals surface area contributed by atoms with Crippen LogP contribution in [0.2, 0.25) is 0 Å². The number of hydrogen-bond acceptors (Lipinski definition) is 2. The van der Waals surface area contributed by atoms with Crippen molar-refractivity contribution in [3.8, 4) is 0 Å². The Hall–Kier alpha value is -0.640. The van der Waals surface area contributed by atoms with Crippen molar-refractivity contribution in [3.63, 3.8) is 0 Å². The van der Waals surface area contributed by atoms with Crippen molar-refractivity contribution in [1.82, 2.24) is 0 Å². The average molecular weight is 299 g/mol. The molecule has 2 N–H and O–H groups in total. The Morgan fingerprint density at radius 2 is 1.88 bits per heavy atom. The third-order valence-corrected chi connectivity index (χ3v) is 3.89. The molecular weight excluding hydrogens is 280 g/mol. The Morgan fingerprint density at radius 3 is 2.35 bits per heavy atom. The second-order valence-electron chi connectivity index (χ2n) is 4.09. The molecule has 2 nitrogen and oxygen atoms in total. The number of hydrogen-bond donors (Lipinski definition) is 2. The lowest BCUT2D eigenvalue weighted by Gasteiger charge is -2.27. The Bertz CT molecular complexity index is 395. The molecule has 0 aliphatic rings. The van der Waals surface area contributed by atoms with Crippen LogP contribution in [-0.4, -0.2) is 22.4 Å². The summed E-state index contributed by atoms with van der Waals surface area (Å²) < 4.78 is 0.959. The molecule has 1 aromatic rings. The number of rotatable bonds is 5. The molecule has 0 atom stereocenters. The Labute approximate surface area is 111 Å². The minimum absolute atomic E-state index is 0.125. The van der Waals surface area contributed by atoms with Crippen LogP contribution in [-0.2, 0) is 0 Å². The summed E-state index contributed by atoms with van der Waals surface area (Å²) in [4.78, 5) is 0. The van der Waals surface area contributed by atoms with E-state index >= 15 is 0 Å². The molecule has 0 heterocycles. The Balaban J connectivity index is 3.14. The van der Waals surface area contributed by atoms with E-state index in [4.69, 9.17) is 0 Å². The van der Waals surface area contributed by atoms with Gasteiger partial charge in [0.05, 0.1) is 12.2 Å².